The van der Waals surface area contributed by atoms with Crippen molar-refractivity contribution in [1.29, 1.82) is 0 Å². The summed E-state index contributed by atoms with van der Waals surface area (Å²) in [6, 6.07) is 6.28. The first-order valence-corrected chi connectivity index (χ1v) is 4.84. The van der Waals surface area contributed by atoms with Crippen molar-refractivity contribution in [1.82, 2.24) is 0 Å². The number of aliphatic carboxylic acids is 1. The predicted molar refractivity (Wildman–Crippen MR) is 63.6 cm³/mol. The van der Waals surface area contributed by atoms with Crippen molar-refractivity contribution in [3.8, 4) is 12.3 Å². The maximum atomic E-state index is 10.9. The molecule has 1 aromatic carbocycles. The summed E-state index contributed by atoms with van der Waals surface area (Å²) in [5.74, 6) is 0.878. The lowest BCUT2D eigenvalue weighted by Crippen LogP contribution is -2.30. The van der Waals surface area contributed by atoms with Crippen LogP contribution in [0.2, 0.25) is 0 Å². The monoisotopic (exact) mass is 232 g/mol. The number of carboxylic acids is 1. The molecule has 0 aliphatic carbocycles. The van der Waals surface area contributed by atoms with E-state index in [2.05, 4.69) is 5.92 Å². The average molecular weight is 232 g/mol. The molecule has 0 saturated carbocycles. The Balaban J connectivity index is 2.91. The Morgan fingerprint density at radius 3 is 2.35 bits per heavy atom. The van der Waals surface area contributed by atoms with Crippen molar-refractivity contribution in [3.05, 3.63) is 29.8 Å². The minimum atomic E-state index is -0.973. The van der Waals surface area contributed by atoms with Crippen LogP contribution < -0.4 is 10.6 Å². The molecule has 3 N–H and O–H groups in total. The Hall–Kier alpha value is -2.48. The highest BCUT2D eigenvalue weighted by atomic mass is 16.4. The largest absolute Gasteiger partial charge is 0.480 e. The molecule has 0 bridgehead atoms. The molecule has 5 nitrogen and oxygen atoms in total. The molecular weight excluding hydrogens is 220 g/mol. The molecule has 0 heterocycles. The maximum Gasteiger partial charge on any atom is 0.323 e. The molecule has 17 heavy (non-hydrogen) atoms. The van der Waals surface area contributed by atoms with E-state index in [4.69, 9.17) is 17.3 Å². The van der Waals surface area contributed by atoms with Crippen molar-refractivity contribution in [2.45, 2.75) is 0 Å². The lowest BCUT2D eigenvalue weighted by molar-refractivity contribution is -0.135. The lowest BCUT2D eigenvalue weighted by atomic mass is 10.2. The van der Waals surface area contributed by atoms with Crippen molar-refractivity contribution in [3.63, 3.8) is 0 Å². The number of terminal acetylenes is 1. The van der Waals surface area contributed by atoms with Crippen LogP contribution in [-0.2, 0) is 4.79 Å². The second-order valence-corrected chi connectivity index (χ2v) is 3.37. The Morgan fingerprint density at radius 1 is 1.35 bits per heavy atom. The highest BCUT2D eigenvalue weighted by molar-refractivity contribution is 5.93. The first-order chi connectivity index (χ1) is 8.04. The van der Waals surface area contributed by atoms with Gasteiger partial charge in [-0.25, -0.2) is 0 Å². The van der Waals surface area contributed by atoms with Crippen molar-refractivity contribution >= 4 is 17.6 Å². The average Bonchev–Trinajstić information content (AvgIpc) is 2.28. The summed E-state index contributed by atoms with van der Waals surface area (Å²) >= 11 is 0. The van der Waals surface area contributed by atoms with Gasteiger partial charge in [0.2, 0.25) is 5.91 Å². The topological polar surface area (TPSA) is 83.6 Å². The minimum absolute atomic E-state index is 0.183. The standard InChI is InChI=1S/C12H12N2O3/c1-2-7-14(8-11(15)16)10-5-3-9(4-6-10)12(13)17/h1,3-6H,7-8H2,(H2,13,17)(H,15,16). The predicted octanol–water partition coefficient (Wildman–Crippen LogP) is 0.310. The van der Waals surface area contributed by atoms with Gasteiger partial charge in [0.05, 0.1) is 6.54 Å². The molecule has 5 heteroatoms. The number of carbonyl (C=O) groups is 2. The van der Waals surface area contributed by atoms with Crippen LogP contribution in [-0.4, -0.2) is 30.1 Å². The zero-order valence-corrected chi connectivity index (χ0v) is 9.09. The van der Waals surface area contributed by atoms with Crippen LogP contribution in [0.1, 0.15) is 10.4 Å². The summed E-state index contributed by atoms with van der Waals surface area (Å²) in [5, 5.41) is 8.73. The zero-order chi connectivity index (χ0) is 12.8. The van der Waals surface area contributed by atoms with E-state index < -0.39 is 11.9 Å². The fourth-order valence-corrected chi connectivity index (χ4v) is 1.35. The number of rotatable bonds is 5. The number of hydrogen-bond acceptors (Lipinski definition) is 3. The highest BCUT2D eigenvalue weighted by Crippen LogP contribution is 2.14. The Morgan fingerprint density at radius 2 is 1.94 bits per heavy atom. The molecule has 1 rings (SSSR count). The summed E-state index contributed by atoms with van der Waals surface area (Å²) in [4.78, 5) is 23.0. The number of anilines is 1. The van der Waals surface area contributed by atoms with E-state index >= 15 is 0 Å². The second kappa shape index (κ2) is 5.56. The first-order valence-electron chi connectivity index (χ1n) is 4.84. The van der Waals surface area contributed by atoms with Crippen molar-refractivity contribution < 1.29 is 14.7 Å². The molecule has 0 aliphatic heterocycles. The summed E-state index contributed by atoms with van der Waals surface area (Å²) in [7, 11) is 0. The molecule has 0 spiro atoms. The van der Waals surface area contributed by atoms with Gasteiger partial charge >= 0.3 is 5.97 Å². The van der Waals surface area contributed by atoms with Gasteiger partial charge in [-0.2, -0.15) is 0 Å². The van der Waals surface area contributed by atoms with Crippen LogP contribution in [0.3, 0.4) is 0 Å². The van der Waals surface area contributed by atoms with Crippen LogP contribution in [0.25, 0.3) is 0 Å². The first kappa shape index (κ1) is 12.6. The minimum Gasteiger partial charge on any atom is -0.480 e. The maximum absolute atomic E-state index is 10.9. The SMILES string of the molecule is C#CCN(CC(=O)O)c1ccc(C(N)=O)cc1. The molecule has 0 saturated heterocycles. The summed E-state index contributed by atoms with van der Waals surface area (Å²) < 4.78 is 0. The number of nitrogens with zero attached hydrogens (tertiary/aromatic N) is 1. The van der Waals surface area contributed by atoms with E-state index in [9.17, 15) is 9.59 Å². The van der Waals surface area contributed by atoms with Crippen molar-refractivity contribution in [2.24, 2.45) is 5.73 Å². The molecule has 0 fully saturated rings. The van der Waals surface area contributed by atoms with E-state index in [1.165, 1.54) is 17.0 Å². The van der Waals surface area contributed by atoms with Crippen LogP contribution in [0, 0.1) is 12.3 Å². The Kier molecular flexibility index (Phi) is 4.12. The third-order valence-electron chi connectivity index (χ3n) is 2.13. The smallest absolute Gasteiger partial charge is 0.323 e. The summed E-state index contributed by atoms with van der Waals surface area (Å²) in [6.07, 6.45) is 5.16. The highest BCUT2D eigenvalue weighted by Gasteiger charge is 2.10. The second-order valence-electron chi connectivity index (χ2n) is 3.37. The van der Waals surface area contributed by atoms with Crippen LogP contribution in [0.15, 0.2) is 24.3 Å². The number of nitrogens with two attached hydrogens (primary N) is 1. The molecule has 1 aromatic rings. The molecule has 0 atom stereocenters. The molecule has 88 valence electrons. The zero-order valence-electron chi connectivity index (χ0n) is 9.09. The van der Waals surface area contributed by atoms with E-state index in [-0.39, 0.29) is 13.1 Å². The van der Waals surface area contributed by atoms with Gasteiger partial charge in [-0.3, -0.25) is 9.59 Å². The van der Waals surface area contributed by atoms with Gasteiger partial charge in [0, 0.05) is 11.3 Å². The van der Waals surface area contributed by atoms with E-state index in [1.54, 1.807) is 12.1 Å². The number of carboxylic acid groups (broad SMARTS) is 1. The van der Waals surface area contributed by atoms with Gasteiger partial charge < -0.3 is 15.7 Å². The molecule has 0 unspecified atom stereocenters. The van der Waals surface area contributed by atoms with E-state index in [0.717, 1.165) is 0 Å². The molecule has 0 aromatic heterocycles. The Bertz CT molecular complexity index is 460. The third kappa shape index (κ3) is 3.54. The third-order valence-corrected chi connectivity index (χ3v) is 2.13. The lowest BCUT2D eigenvalue weighted by Gasteiger charge is -2.20. The van der Waals surface area contributed by atoms with Crippen LogP contribution >= 0.6 is 0 Å². The number of benzene rings is 1. The van der Waals surface area contributed by atoms with Crippen LogP contribution in [0.5, 0.6) is 0 Å². The van der Waals surface area contributed by atoms with E-state index in [1.807, 2.05) is 0 Å². The van der Waals surface area contributed by atoms with Gasteiger partial charge in [0.15, 0.2) is 0 Å². The normalized spacial score (nSPS) is 9.35. The quantitative estimate of drug-likeness (QED) is 0.716. The van der Waals surface area contributed by atoms with Gasteiger partial charge in [0.25, 0.3) is 0 Å². The molecular formula is C12H12N2O3. The van der Waals surface area contributed by atoms with Crippen LogP contribution in [0.4, 0.5) is 5.69 Å². The molecule has 1 amide bonds. The van der Waals surface area contributed by atoms with E-state index in [0.29, 0.717) is 11.3 Å². The Labute approximate surface area is 98.8 Å². The fourth-order valence-electron chi connectivity index (χ4n) is 1.35. The fraction of sp³-hybridized carbons (Fsp3) is 0.167. The molecule has 0 radical (unpaired) electrons. The van der Waals surface area contributed by atoms with Gasteiger partial charge in [-0.05, 0) is 24.3 Å². The van der Waals surface area contributed by atoms with Gasteiger partial charge in [-0.15, -0.1) is 6.42 Å². The number of hydrogen-bond donors (Lipinski definition) is 2. The summed E-state index contributed by atoms with van der Waals surface area (Å²) in [5.41, 5.74) is 6.10. The van der Waals surface area contributed by atoms with Gasteiger partial charge in [-0.1, -0.05) is 5.92 Å². The number of primary amides is 1. The number of carbonyl (C=O) groups excluding carboxylic acids is 1. The van der Waals surface area contributed by atoms with Crippen molar-refractivity contribution in [2.75, 3.05) is 18.0 Å². The van der Waals surface area contributed by atoms with Gasteiger partial charge in [0.1, 0.15) is 6.54 Å². The number of amides is 1. The summed E-state index contributed by atoms with van der Waals surface area (Å²) in [6.45, 7) is -0.0116. The molecule has 0 aliphatic rings.